The van der Waals surface area contributed by atoms with Gasteiger partial charge in [0.2, 0.25) is 0 Å². The fourth-order valence-corrected chi connectivity index (χ4v) is 2.63. The van der Waals surface area contributed by atoms with Crippen LogP contribution in [0.3, 0.4) is 0 Å². The van der Waals surface area contributed by atoms with Crippen molar-refractivity contribution in [3.8, 4) is 5.75 Å². The SMILES string of the molecule is Cc1ccccc1C(C)NC(=O)COc1ccc(Cl)cc1Cl. The first kappa shape index (κ1) is 16.7. The first-order valence-electron chi connectivity index (χ1n) is 6.90. The highest BCUT2D eigenvalue weighted by Gasteiger charge is 2.12. The van der Waals surface area contributed by atoms with E-state index in [1.54, 1.807) is 18.2 Å². The van der Waals surface area contributed by atoms with Crippen LogP contribution in [0.4, 0.5) is 0 Å². The van der Waals surface area contributed by atoms with Crippen LogP contribution in [0.25, 0.3) is 0 Å². The summed E-state index contributed by atoms with van der Waals surface area (Å²) >= 11 is 11.8. The average molecular weight is 338 g/mol. The molecule has 0 fully saturated rings. The summed E-state index contributed by atoms with van der Waals surface area (Å²) in [4.78, 5) is 12.0. The van der Waals surface area contributed by atoms with Crippen molar-refractivity contribution in [3.63, 3.8) is 0 Å². The van der Waals surface area contributed by atoms with E-state index in [-0.39, 0.29) is 18.6 Å². The molecule has 116 valence electrons. The smallest absolute Gasteiger partial charge is 0.258 e. The Morgan fingerprint density at radius 1 is 1.23 bits per heavy atom. The van der Waals surface area contributed by atoms with Gasteiger partial charge in [0.05, 0.1) is 11.1 Å². The number of nitrogens with one attached hydrogen (secondary N) is 1. The normalized spacial score (nSPS) is 11.8. The van der Waals surface area contributed by atoms with Gasteiger partial charge in [0.15, 0.2) is 6.61 Å². The van der Waals surface area contributed by atoms with E-state index in [1.807, 2.05) is 38.1 Å². The molecule has 22 heavy (non-hydrogen) atoms. The lowest BCUT2D eigenvalue weighted by Gasteiger charge is -2.17. The van der Waals surface area contributed by atoms with Gasteiger partial charge < -0.3 is 10.1 Å². The van der Waals surface area contributed by atoms with Crippen molar-refractivity contribution in [3.05, 3.63) is 63.6 Å². The molecule has 2 rings (SSSR count). The van der Waals surface area contributed by atoms with Crippen molar-refractivity contribution in [2.45, 2.75) is 19.9 Å². The Labute approximate surface area is 140 Å². The maximum absolute atomic E-state index is 12.0. The van der Waals surface area contributed by atoms with Gasteiger partial charge in [-0.25, -0.2) is 0 Å². The highest BCUT2D eigenvalue weighted by atomic mass is 35.5. The molecule has 0 aliphatic heterocycles. The van der Waals surface area contributed by atoms with Crippen LogP contribution in [0.15, 0.2) is 42.5 Å². The van der Waals surface area contributed by atoms with Gasteiger partial charge in [-0.3, -0.25) is 4.79 Å². The lowest BCUT2D eigenvalue weighted by atomic mass is 10.0. The summed E-state index contributed by atoms with van der Waals surface area (Å²) in [6.07, 6.45) is 0. The first-order valence-corrected chi connectivity index (χ1v) is 7.65. The third-order valence-corrected chi connectivity index (χ3v) is 3.82. The highest BCUT2D eigenvalue weighted by molar-refractivity contribution is 6.35. The maximum Gasteiger partial charge on any atom is 0.258 e. The third kappa shape index (κ3) is 4.39. The summed E-state index contributed by atoms with van der Waals surface area (Å²) in [5.74, 6) is 0.228. The van der Waals surface area contributed by atoms with Gasteiger partial charge in [-0.15, -0.1) is 0 Å². The van der Waals surface area contributed by atoms with Crippen LogP contribution in [0, 0.1) is 6.92 Å². The Kier molecular flexibility index (Phi) is 5.69. The largest absolute Gasteiger partial charge is 0.482 e. The number of carbonyl (C=O) groups is 1. The molecule has 0 aromatic heterocycles. The molecule has 2 aromatic carbocycles. The van der Waals surface area contributed by atoms with E-state index in [0.717, 1.165) is 11.1 Å². The molecule has 1 atom stereocenters. The topological polar surface area (TPSA) is 38.3 Å². The zero-order valence-electron chi connectivity index (χ0n) is 12.4. The van der Waals surface area contributed by atoms with E-state index in [0.29, 0.717) is 15.8 Å². The standard InChI is InChI=1S/C17H17Cl2NO2/c1-11-5-3-4-6-14(11)12(2)20-17(21)10-22-16-8-7-13(18)9-15(16)19/h3-9,12H,10H2,1-2H3,(H,20,21). The van der Waals surface area contributed by atoms with Gasteiger partial charge >= 0.3 is 0 Å². The fraction of sp³-hybridized carbons (Fsp3) is 0.235. The van der Waals surface area contributed by atoms with Crippen LogP contribution in [0.5, 0.6) is 5.75 Å². The Bertz CT molecular complexity index is 673. The van der Waals surface area contributed by atoms with Crippen molar-refractivity contribution in [1.29, 1.82) is 0 Å². The molecule has 0 aliphatic rings. The third-order valence-electron chi connectivity index (χ3n) is 3.29. The summed E-state index contributed by atoms with van der Waals surface area (Å²) in [6.45, 7) is 3.86. The number of benzene rings is 2. The molecule has 0 aliphatic carbocycles. The molecular weight excluding hydrogens is 321 g/mol. The first-order chi connectivity index (χ1) is 10.5. The molecule has 0 heterocycles. The quantitative estimate of drug-likeness (QED) is 0.868. The summed E-state index contributed by atoms with van der Waals surface area (Å²) in [5.41, 5.74) is 2.22. The van der Waals surface area contributed by atoms with Crippen molar-refractivity contribution in [2.75, 3.05) is 6.61 Å². The van der Waals surface area contributed by atoms with Crippen LogP contribution in [-0.2, 0) is 4.79 Å². The predicted molar refractivity (Wildman–Crippen MR) is 89.7 cm³/mol. The summed E-state index contributed by atoms with van der Waals surface area (Å²) in [6, 6.07) is 12.7. The molecule has 0 bridgehead atoms. The van der Waals surface area contributed by atoms with E-state index < -0.39 is 0 Å². The van der Waals surface area contributed by atoms with E-state index in [1.165, 1.54) is 0 Å². The molecule has 3 nitrogen and oxygen atoms in total. The van der Waals surface area contributed by atoms with Crippen LogP contribution in [-0.4, -0.2) is 12.5 Å². The minimum Gasteiger partial charge on any atom is -0.482 e. The van der Waals surface area contributed by atoms with E-state index in [9.17, 15) is 4.79 Å². The molecule has 1 amide bonds. The minimum absolute atomic E-state index is 0.0852. The predicted octanol–water partition coefficient (Wildman–Crippen LogP) is 4.56. The van der Waals surface area contributed by atoms with Crippen LogP contribution >= 0.6 is 23.2 Å². The number of aryl methyl sites for hydroxylation is 1. The van der Waals surface area contributed by atoms with Crippen molar-refractivity contribution < 1.29 is 9.53 Å². The number of amides is 1. The van der Waals surface area contributed by atoms with E-state index >= 15 is 0 Å². The second kappa shape index (κ2) is 7.52. The van der Waals surface area contributed by atoms with Gasteiger partial charge in [-0.2, -0.15) is 0 Å². The summed E-state index contributed by atoms with van der Waals surface area (Å²) in [5, 5.41) is 3.81. The summed E-state index contributed by atoms with van der Waals surface area (Å²) < 4.78 is 5.42. The molecule has 1 N–H and O–H groups in total. The van der Waals surface area contributed by atoms with Crippen molar-refractivity contribution in [1.82, 2.24) is 5.32 Å². The number of carbonyl (C=O) groups excluding carboxylic acids is 1. The number of hydrogen-bond acceptors (Lipinski definition) is 2. The zero-order chi connectivity index (χ0) is 16.1. The molecule has 2 aromatic rings. The Hall–Kier alpha value is -1.71. The lowest BCUT2D eigenvalue weighted by Crippen LogP contribution is -2.31. The Balaban J connectivity index is 1.92. The molecule has 1 unspecified atom stereocenters. The van der Waals surface area contributed by atoms with Gasteiger partial charge in [0.25, 0.3) is 5.91 Å². The maximum atomic E-state index is 12.0. The second-order valence-electron chi connectivity index (χ2n) is 5.01. The van der Waals surface area contributed by atoms with Gasteiger partial charge in [0, 0.05) is 5.02 Å². The van der Waals surface area contributed by atoms with E-state index in [4.69, 9.17) is 27.9 Å². The number of ether oxygens (including phenoxy) is 1. The number of hydrogen-bond donors (Lipinski definition) is 1. The number of halogens is 2. The highest BCUT2D eigenvalue weighted by Crippen LogP contribution is 2.27. The van der Waals surface area contributed by atoms with Crippen molar-refractivity contribution in [2.24, 2.45) is 0 Å². The fourth-order valence-electron chi connectivity index (χ4n) is 2.17. The molecule has 0 radical (unpaired) electrons. The van der Waals surface area contributed by atoms with Gasteiger partial charge in [0.1, 0.15) is 5.75 Å². The molecule has 0 saturated heterocycles. The summed E-state index contributed by atoms with van der Waals surface area (Å²) in [7, 11) is 0. The Morgan fingerprint density at radius 2 is 1.95 bits per heavy atom. The van der Waals surface area contributed by atoms with Gasteiger partial charge in [-0.05, 0) is 43.2 Å². The van der Waals surface area contributed by atoms with E-state index in [2.05, 4.69) is 5.32 Å². The molecule has 5 heteroatoms. The van der Waals surface area contributed by atoms with Crippen LogP contribution < -0.4 is 10.1 Å². The molecule has 0 saturated carbocycles. The second-order valence-corrected chi connectivity index (χ2v) is 5.85. The van der Waals surface area contributed by atoms with Crippen LogP contribution in [0.2, 0.25) is 10.0 Å². The lowest BCUT2D eigenvalue weighted by molar-refractivity contribution is -0.123. The molecular formula is C17H17Cl2NO2. The van der Waals surface area contributed by atoms with Gasteiger partial charge in [-0.1, -0.05) is 47.5 Å². The van der Waals surface area contributed by atoms with Crippen molar-refractivity contribution >= 4 is 29.1 Å². The van der Waals surface area contributed by atoms with Crippen LogP contribution in [0.1, 0.15) is 24.1 Å². The molecule has 0 spiro atoms. The number of rotatable bonds is 5. The minimum atomic E-state index is -0.207. The average Bonchev–Trinajstić information content (AvgIpc) is 2.46. The zero-order valence-corrected chi connectivity index (χ0v) is 13.9. The Morgan fingerprint density at radius 3 is 2.64 bits per heavy atom. The monoisotopic (exact) mass is 337 g/mol.